The Kier molecular flexibility index (Phi) is 4.78. The van der Waals surface area contributed by atoms with Crippen LogP contribution in [0.5, 0.6) is 0 Å². The zero-order valence-electron chi connectivity index (χ0n) is 12.7. The van der Waals surface area contributed by atoms with Gasteiger partial charge in [-0.15, -0.1) is 0 Å². The Morgan fingerprint density at radius 1 is 1.18 bits per heavy atom. The van der Waals surface area contributed by atoms with Crippen LogP contribution < -0.4 is 0 Å². The lowest BCUT2D eigenvalue weighted by atomic mass is 9.91. The van der Waals surface area contributed by atoms with Crippen LogP contribution in [-0.4, -0.2) is 33.9 Å². The maximum Gasteiger partial charge on any atom is 0.222 e. The number of carbonyl (C=O) groups is 1. The first kappa shape index (κ1) is 14.7. The Morgan fingerprint density at radius 3 is 2.82 bits per heavy atom. The van der Waals surface area contributed by atoms with Gasteiger partial charge < -0.3 is 4.90 Å². The molecule has 3 heterocycles. The molecule has 1 fully saturated rings. The zero-order chi connectivity index (χ0) is 15.2. The third-order valence-corrected chi connectivity index (χ3v) is 4.31. The summed E-state index contributed by atoms with van der Waals surface area (Å²) in [6.07, 6.45) is 10.8. The van der Waals surface area contributed by atoms with E-state index in [4.69, 9.17) is 0 Å². The van der Waals surface area contributed by atoms with Crippen molar-refractivity contribution in [2.45, 2.75) is 31.6 Å². The molecule has 0 saturated carbocycles. The summed E-state index contributed by atoms with van der Waals surface area (Å²) in [6, 6.07) is 8.03. The lowest BCUT2D eigenvalue weighted by molar-refractivity contribution is -0.132. The predicted molar refractivity (Wildman–Crippen MR) is 85.4 cm³/mol. The molecule has 2 aromatic rings. The van der Waals surface area contributed by atoms with Crippen LogP contribution in [0.4, 0.5) is 0 Å². The summed E-state index contributed by atoms with van der Waals surface area (Å²) in [6.45, 7) is 1.70. The number of likely N-dealkylation sites (tertiary alicyclic amines) is 1. The third-order valence-electron chi connectivity index (χ3n) is 4.31. The number of aryl methyl sites for hydroxylation is 1. The lowest BCUT2D eigenvalue weighted by Gasteiger charge is -2.33. The average molecular weight is 295 g/mol. The highest BCUT2D eigenvalue weighted by Crippen LogP contribution is 2.26. The summed E-state index contributed by atoms with van der Waals surface area (Å²) in [5.74, 6) is 0.678. The molecule has 1 aliphatic heterocycles. The van der Waals surface area contributed by atoms with E-state index in [1.165, 1.54) is 11.1 Å². The number of piperidine rings is 1. The summed E-state index contributed by atoms with van der Waals surface area (Å²) in [5, 5.41) is 0. The highest BCUT2D eigenvalue weighted by Gasteiger charge is 2.24. The fraction of sp³-hybridized carbons (Fsp3) is 0.389. The largest absolute Gasteiger partial charge is 0.342 e. The van der Waals surface area contributed by atoms with Crippen molar-refractivity contribution in [3.8, 4) is 0 Å². The maximum absolute atomic E-state index is 12.4. The van der Waals surface area contributed by atoms with Crippen LogP contribution in [0.15, 0.2) is 49.1 Å². The summed E-state index contributed by atoms with van der Waals surface area (Å²) >= 11 is 0. The molecule has 22 heavy (non-hydrogen) atoms. The van der Waals surface area contributed by atoms with E-state index in [0.717, 1.165) is 32.4 Å². The Morgan fingerprint density at radius 2 is 2.05 bits per heavy atom. The topological polar surface area (TPSA) is 46.1 Å². The molecule has 1 atom stereocenters. The minimum atomic E-state index is 0.255. The normalized spacial score (nSPS) is 18.2. The second kappa shape index (κ2) is 7.16. The molecule has 3 rings (SSSR count). The quantitative estimate of drug-likeness (QED) is 0.871. The van der Waals surface area contributed by atoms with Crippen molar-refractivity contribution in [1.82, 2.24) is 14.9 Å². The summed E-state index contributed by atoms with van der Waals surface area (Å²) in [5.41, 5.74) is 2.42. The number of rotatable bonds is 4. The van der Waals surface area contributed by atoms with Gasteiger partial charge in [-0.3, -0.25) is 14.8 Å². The molecule has 2 aromatic heterocycles. The van der Waals surface area contributed by atoms with E-state index in [0.29, 0.717) is 12.3 Å². The van der Waals surface area contributed by atoms with Crippen LogP contribution in [0.3, 0.4) is 0 Å². The van der Waals surface area contributed by atoms with Crippen LogP contribution in [0.2, 0.25) is 0 Å². The predicted octanol–water partition coefficient (Wildman–Crippen LogP) is 2.82. The third kappa shape index (κ3) is 3.70. The molecule has 1 amide bonds. The van der Waals surface area contributed by atoms with Gasteiger partial charge in [0.05, 0.1) is 0 Å². The van der Waals surface area contributed by atoms with E-state index in [1.54, 1.807) is 18.6 Å². The summed E-state index contributed by atoms with van der Waals surface area (Å²) < 4.78 is 0. The van der Waals surface area contributed by atoms with E-state index in [2.05, 4.69) is 16.0 Å². The second-order valence-electron chi connectivity index (χ2n) is 5.82. The zero-order valence-corrected chi connectivity index (χ0v) is 12.7. The van der Waals surface area contributed by atoms with Gasteiger partial charge in [-0.05, 0) is 48.6 Å². The first-order valence-corrected chi connectivity index (χ1v) is 7.89. The summed E-state index contributed by atoms with van der Waals surface area (Å²) in [7, 11) is 0. The number of hydrogen-bond acceptors (Lipinski definition) is 3. The van der Waals surface area contributed by atoms with Gasteiger partial charge in [0.2, 0.25) is 5.91 Å². The van der Waals surface area contributed by atoms with Crippen molar-refractivity contribution >= 4 is 5.91 Å². The van der Waals surface area contributed by atoms with Crippen LogP contribution in [0.1, 0.15) is 36.3 Å². The molecule has 4 nitrogen and oxygen atoms in total. The smallest absolute Gasteiger partial charge is 0.222 e. The van der Waals surface area contributed by atoms with Crippen molar-refractivity contribution in [1.29, 1.82) is 0 Å². The van der Waals surface area contributed by atoms with E-state index < -0.39 is 0 Å². The molecule has 114 valence electrons. The highest BCUT2D eigenvalue weighted by atomic mass is 16.2. The van der Waals surface area contributed by atoms with Crippen LogP contribution in [0.25, 0.3) is 0 Å². The van der Waals surface area contributed by atoms with Gasteiger partial charge in [-0.1, -0.05) is 6.07 Å². The first-order valence-electron chi connectivity index (χ1n) is 7.89. The number of nitrogens with zero attached hydrogens (tertiary/aromatic N) is 3. The number of amides is 1. The lowest BCUT2D eigenvalue weighted by Crippen LogP contribution is -2.39. The molecular formula is C18H21N3O. The van der Waals surface area contributed by atoms with Crippen LogP contribution in [0, 0.1) is 0 Å². The molecular weight excluding hydrogens is 274 g/mol. The molecule has 0 spiro atoms. The molecule has 0 bridgehead atoms. The molecule has 0 radical (unpaired) electrons. The minimum absolute atomic E-state index is 0.255. The Labute approximate surface area is 131 Å². The number of aromatic nitrogens is 2. The average Bonchev–Trinajstić information content (AvgIpc) is 2.61. The van der Waals surface area contributed by atoms with Crippen molar-refractivity contribution in [2.24, 2.45) is 0 Å². The maximum atomic E-state index is 12.4. The van der Waals surface area contributed by atoms with Crippen molar-refractivity contribution in [3.05, 3.63) is 60.2 Å². The Bertz CT molecular complexity index is 600. The van der Waals surface area contributed by atoms with E-state index in [-0.39, 0.29) is 5.91 Å². The summed E-state index contributed by atoms with van der Waals surface area (Å²) in [4.78, 5) is 22.7. The van der Waals surface area contributed by atoms with Crippen molar-refractivity contribution in [3.63, 3.8) is 0 Å². The standard InChI is InChI=1S/C18H21N3O/c22-18(6-5-15-7-10-19-11-8-15)21-12-2-4-17(14-21)16-3-1-9-20-13-16/h1,3,7-11,13,17H,2,4-6,12,14H2. The minimum Gasteiger partial charge on any atom is -0.342 e. The van der Waals surface area contributed by atoms with Crippen LogP contribution in [-0.2, 0) is 11.2 Å². The van der Waals surface area contributed by atoms with Gasteiger partial charge in [-0.2, -0.15) is 0 Å². The Hall–Kier alpha value is -2.23. The SMILES string of the molecule is O=C(CCc1ccncc1)N1CCCC(c2cccnc2)C1. The monoisotopic (exact) mass is 295 g/mol. The number of carbonyl (C=O) groups excluding carboxylic acids is 1. The van der Waals surface area contributed by atoms with Crippen molar-refractivity contribution < 1.29 is 4.79 Å². The molecule has 1 saturated heterocycles. The van der Waals surface area contributed by atoms with E-state index in [1.807, 2.05) is 29.3 Å². The molecule has 1 unspecified atom stereocenters. The molecule has 0 aliphatic carbocycles. The van der Waals surface area contributed by atoms with E-state index in [9.17, 15) is 4.79 Å². The van der Waals surface area contributed by atoms with Gasteiger partial charge in [-0.25, -0.2) is 0 Å². The fourth-order valence-electron chi connectivity index (χ4n) is 3.05. The van der Waals surface area contributed by atoms with E-state index >= 15 is 0 Å². The van der Waals surface area contributed by atoms with Gasteiger partial charge in [0.15, 0.2) is 0 Å². The fourth-order valence-corrected chi connectivity index (χ4v) is 3.05. The number of pyridine rings is 2. The molecule has 1 aliphatic rings. The van der Waals surface area contributed by atoms with Gasteiger partial charge in [0.25, 0.3) is 0 Å². The molecule has 0 aromatic carbocycles. The first-order chi connectivity index (χ1) is 10.8. The second-order valence-corrected chi connectivity index (χ2v) is 5.82. The Balaban J connectivity index is 1.56. The van der Waals surface area contributed by atoms with Gasteiger partial charge >= 0.3 is 0 Å². The van der Waals surface area contributed by atoms with Crippen LogP contribution >= 0.6 is 0 Å². The highest BCUT2D eigenvalue weighted by molar-refractivity contribution is 5.76. The van der Waals surface area contributed by atoms with Crippen molar-refractivity contribution in [2.75, 3.05) is 13.1 Å². The van der Waals surface area contributed by atoms with Gasteiger partial charge in [0, 0.05) is 50.2 Å². The molecule has 0 N–H and O–H groups in total. The van der Waals surface area contributed by atoms with Gasteiger partial charge in [0.1, 0.15) is 0 Å². The molecule has 4 heteroatoms. The number of hydrogen-bond donors (Lipinski definition) is 0.